The van der Waals surface area contributed by atoms with Gasteiger partial charge in [-0.1, -0.05) is 11.6 Å². The third kappa shape index (κ3) is 3.15. The van der Waals surface area contributed by atoms with E-state index >= 15 is 0 Å². The summed E-state index contributed by atoms with van der Waals surface area (Å²) < 4.78 is 5.16. The van der Waals surface area contributed by atoms with Gasteiger partial charge in [-0.3, -0.25) is 0 Å². The summed E-state index contributed by atoms with van der Waals surface area (Å²) in [6.45, 7) is 7.53. The van der Waals surface area contributed by atoms with Crippen molar-refractivity contribution in [1.82, 2.24) is 20.0 Å². The molecule has 0 aliphatic carbocycles. The van der Waals surface area contributed by atoms with Crippen LogP contribution in [0, 0.1) is 6.92 Å². The third-order valence-corrected chi connectivity index (χ3v) is 4.30. The highest BCUT2D eigenvalue weighted by Gasteiger charge is 2.17. The van der Waals surface area contributed by atoms with E-state index in [1.807, 2.05) is 6.92 Å². The molecule has 3 rings (SSSR count). The molecule has 2 aromatic heterocycles. The van der Waals surface area contributed by atoms with Crippen LogP contribution in [0.1, 0.15) is 38.3 Å². The van der Waals surface area contributed by atoms with Crippen molar-refractivity contribution in [2.75, 3.05) is 25.0 Å². The van der Waals surface area contributed by atoms with Gasteiger partial charge in [0, 0.05) is 19.1 Å². The number of hydrogen-bond donors (Lipinski definition) is 1. The Bertz CT molecular complexity index is 597. The summed E-state index contributed by atoms with van der Waals surface area (Å²) in [5, 5.41) is 8.23. The van der Waals surface area contributed by atoms with Crippen molar-refractivity contribution >= 4 is 16.9 Å². The van der Waals surface area contributed by atoms with E-state index in [2.05, 4.69) is 32.3 Å². The Morgan fingerprint density at radius 2 is 2.29 bits per heavy atom. The Morgan fingerprint density at radius 1 is 1.38 bits per heavy atom. The van der Waals surface area contributed by atoms with E-state index in [0.29, 0.717) is 5.71 Å². The van der Waals surface area contributed by atoms with E-state index in [0.717, 1.165) is 42.5 Å². The number of anilines is 1. The minimum Gasteiger partial charge on any atom is -0.369 e. The molecule has 0 saturated carbocycles. The molecule has 3 heterocycles. The lowest BCUT2D eigenvalue weighted by Gasteiger charge is -2.33. The molecule has 1 aliphatic rings. The first-order valence-electron chi connectivity index (χ1n) is 7.80. The van der Waals surface area contributed by atoms with Crippen molar-refractivity contribution in [1.29, 1.82) is 0 Å². The largest absolute Gasteiger partial charge is 0.369 e. The predicted molar refractivity (Wildman–Crippen MR) is 82.3 cm³/mol. The summed E-state index contributed by atoms with van der Waals surface area (Å²) in [6, 6.07) is 0.727. The molecule has 1 atom stereocenters. The number of aromatic nitrogens is 3. The minimum absolute atomic E-state index is 0.551. The molecule has 0 unspecified atom stereocenters. The first-order valence-corrected chi connectivity index (χ1v) is 7.80. The van der Waals surface area contributed by atoms with E-state index in [1.54, 1.807) is 0 Å². The fourth-order valence-corrected chi connectivity index (χ4v) is 3.03. The molecule has 6 heteroatoms. The van der Waals surface area contributed by atoms with Gasteiger partial charge in [-0.15, -0.1) is 0 Å². The van der Waals surface area contributed by atoms with E-state index in [9.17, 15) is 0 Å². The number of nitrogens with one attached hydrogen (secondary N) is 1. The normalized spacial score (nSPS) is 20.0. The van der Waals surface area contributed by atoms with Gasteiger partial charge in [-0.2, -0.15) is 4.98 Å². The van der Waals surface area contributed by atoms with Gasteiger partial charge in [0.2, 0.25) is 0 Å². The number of aryl methyl sites for hydroxylation is 1. The standard InChI is InChI=1S/C15H23N5O/c1-11-6-3-4-8-20(11)9-5-7-16-14-13-12(2)19-21-15(13)18-10-17-14/h10-11H,3-9H2,1-2H3,(H,16,17,18)/t11-/m1/s1. The SMILES string of the molecule is Cc1noc2ncnc(NCCCN3CCCC[C@H]3C)c12. The van der Waals surface area contributed by atoms with Crippen molar-refractivity contribution < 1.29 is 4.52 Å². The average Bonchev–Trinajstić information content (AvgIpc) is 2.88. The summed E-state index contributed by atoms with van der Waals surface area (Å²) >= 11 is 0. The average molecular weight is 289 g/mol. The molecule has 0 amide bonds. The monoisotopic (exact) mass is 289 g/mol. The Balaban J connectivity index is 1.54. The fraction of sp³-hybridized carbons (Fsp3) is 0.667. The van der Waals surface area contributed by atoms with Crippen LogP contribution in [0.25, 0.3) is 11.1 Å². The second-order valence-corrected chi connectivity index (χ2v) is 5.83. The smallest absolute Gasteiger partial charge is 0.263 e. The number of rotatable bonds is 5. The van der Waals surface area contributed by atoms with Gasteiger partial charge < -0.3 is 14.7 Å². The Morgan fingerprint density at radius 3 is 3.14 bits per heavy atom. The molecule has 1 N–H and O–H groups in total. The van der Waals surface area contributed by atoms with Crippen LogP contribution < -0.4 is 5.32 Å². The number of hydrogen-bond acceptors (Lipinski definition) is 6. The predicted octanol–water partition coefficient (Wildman–Crippen LogP) is 2.60. The fourth-order valence-electron chi connectivity index (χ4n) is 3.03. The van der Waals surface area contributed by atoms with Crippen LogP contribution in [0.5, 0.6) is 0 Å². The van der Waals surface area contributed by atoms with Crippen LogP contribution in [-0.2, 0) is 0 Å². The summed E-state index contributed by atoms with van der Waals surface area (Å²) in [5.74, 6) is 0.824. The zero-order valence-corrected chi connectivity index (χ0v) is 12.8. The Labute approximate surface area is 124 Å². The van der Waals surface area contributed by atoms with Crippen molar-refractivity contribution in [2.45, 2.75) is 45.6 Å². The second-order valence-electron chi connectivity index (χ2n) is 5.83. The van der Waals surface area contributed by atoms with Crippen molar-refractivity contribution in [2.24, 2.45) is 0 Å². The maximum absolute atomic E-state index is 5.16. The Kier molecular flexibility index (Phi) is 4.34. The lowest BCUT2D eigenvalue weighted by molar-refractivity contribution is 0.160. The molecule has 114 valence electrons. The first-order chi connectivity index (χ1) is 10.3. The number of likely N-dealkylation sites (tertiary alicyclic amines) is 1. The molecular formula is C15H23N5O. The van der Waals surface area contributed by atoms with Crippen LogP contribution in [-0.4, -0.2) is 45.7 Å². The number of nitrogens with zero attached hydrogens (tertiary/aromatic N) is 4. The number of piperidine rings is 1. The van der Waals surface area contributed by atoms with Crippen LogP contribution in [0.3, 0.4) is 0 Å². The lowest BCUT2D eigenvalue weighted by Crippen LogP contribution is -2.38. The zero-order valence-electron chi connectivity index (χ0n) is 12.8. The van der Waals surface area contributed by atoms with Gasteiger partial charge in [0.1, 0.15) is 17.5 Å². The molecule has 1 aliphatic heterocycles. The highest BCUT2D eigenvalue weighted by Crippen LogP contribution is 2.22. The first kappa shape index (κ1) is 14.3. The summed E-state index contributed by atoms with van der Waals surface area (Å²) in [6.07, 6.45) is 6.67. The van der Waals surface area contributed by atoms with E-state index in [1.165, 1.54) is 32.1 Å². The van der Waals surface area contributed by atoms with Gasteiger partial charge in [-0.25, -0.2) is 4.98 Å². The van der Waals surface area contributed by atoms with Gasteiger partial charge in [0.15, 0.2) is 0 Å². The van der Waals surface area contributed by atoms with Crippen LogP contribution in [0.2, 0.25) is 0 Å². The van der Waals surface area contributed by atoms with E-state index in [-0.39, 0.29) is 0 Å². The highest BCUT2D eigenvalue weighted by atomic mass is 16.5. The van der Waals surface area contributed by atoms with Gasteiger partial charge in [0.05, 0.1) is 5.69 Å². The number of fused-ring (bicyclic) bond motifs is 1. The van der Waals surface area contributed by atoms with Crippen molar-refractivity contribution in [3.05, 3.63) is 12.0 Å². The molecule has 0 spiro atoms. The molecule has 1 saturated heterocycles. The topological polar surface area (TPSA) is 67.1 Å². The maximum Gasteiger partial charge on any atom is 0.263 e. The van der Waals surface area contributed by atoms with Crippen LogP contribution in [0.4, 0.5) is 5.82 Å². The highest BCUT2D eigenvalue weighted by molar-refractivity contribution is 5.87. The van der Waals surface area contributed by atoms with Crippen LogP contribution in [0.15, 0.2) is 10.9 Å². The molecule has 2 aromatic rings. The third-order valence-electron chi connectivity index (χ3n) is 4.30. The van der Waals surface area contributed by atoms with Gasteiger partial charge in [-0.05, 0) is 39.7 Å². The molecule has 0 aromatic carbocycles. The molecule has 1 fully saturated rings. The lowest BCUT2D eigenvalue weighted by atomic mass is 10.0. The second kappa shape index (κ2) is 6.39. The molecular weight excluding hydrogens is 266 g/mol. The van der Waals surface area contributed by atoms with Crippen molar-refractivity contribution in [3.8, 4) is 0 Å². The zero-order chi connectivity index (χ0) is 14.7. The van der Waals surface area contributed by atoms with Crippen LogP contribution >= 0.6 is 0 Å². The molecule has 0 radical (unpaired) electrons. The van der Waals surface area contributed by atoms with Gasteiger partial charge >= 0.3 is 0 Å². The summed E-state index contributed by atoms with van der Waals surface area (Å²) in [4.78, 5) is 11.0. The molecule has 6 nitrogen and oxygen atoms in total. The summed E-state index contributed by atoms with van der Waals surface area (Å²) in [5.41, 5.74) is 1.38. The maximum atomic E-state index is 5.16. The van der Waals surface area contributed by atoms with E-state index in [4.69, 9.17) is 4.52 Å². The van der Waals surface area contributed by atoms with Gasteiger partial charge in [0.25, 0.3) is 5.71 Å². The van der Waals surface area contributed by atoms with Crippen molar-refractivity contribution in [3.63, 3.8) is 0 Å². The molecule has 21 heavy (non-hydrogen) atoms. The quantitative estimate of drug-likeness (QED) is 0.853. The Hall–Kier alpha value is -1.69. The summed E-state index contributed by atoms with van der Waals surface area (Å²) in [7, 11) is 0. The van der Waals surface area contributed by atoms with E-state index < -0.39 is 0 Å². The minimum atomic E-state index is 0.551. The molecule has 0 bridgehead atoms.